The Labute approximate surface area is 166 Å². The summed E-state index contributed by atoms with van der Waals surface area (Å²) in [4.78, 5) is 16.6. The van der Waals surface area contributed by atoms with Crippen LogP contribution in [0.5, 0.6) is 0 Å². The number of hydrogen-bond donors (Lipinski definition) is 2. The first-order chi connectivity index (χ1) is 14.1. The van der Waals surface area contributed by atoms with Gasteiger partial charge in [-0.05, 0) is 55.5 Å². The second-order valence-electron chi connectivity index (χ2n) is 6.46. The average Bonchev–Trinajstić information content (AvgIpc) is 3.21. The van der Waals surface area contributed by atoms with Gasteiger partial charge < -0.3 is 15.2 Å². The van der Waals surface area contributed by atoms with Crippen LogP contribution >= 0.6 is 0 Å². The zero-order valence-corrected chi connectivity index (χ0v) is 15.5. The Morgan fingerprint density at radius 3 is 2.38 bits per heavy atom. The number of hydrogen-bond acceptors (Lipinski definition) is 4. The van der Waals surface area contributed by atoms with Gasteiger partial charge in [0.2, 0.25) is 5.82 Å². The predicted octanol–water partition coefficient (Wildman–Crippen LogP) is 5.50. The van der Waals surface area contributed by atoms with Crippen molar-refractivity contribution >= 4 is 17.4 Å². The maximum absolute atomic E-state index is 13.0. The molecular formula is C22H17FN4O2. The van der Waals surface area contributed by atoms with Gasteiger partial charge in [-0.15, -0.1) is 0 Å². The van der Waals surface area contributed by atoms with E-state index in [1.54, 1.807) is 18.2 Å². The van der Waals surface area contributed by atoms with Crippen molar-refractivity contribution in [1.82, 2.24) is 10.1 Å². The lowest BCUT2D eigenvalue weighted by atomic mass is 10.1. The smallest absolute Gasteiger partial charge is 0.323 e. The summed E-state index contributed by atoms with van der Waals surface area (Å²) in [5, 5.41) is 9.40. The van der Waals surface area contributed by atoms with Crippen LogP contribution in [0, 0.1) is 12.7 Å². The van der Waals surface area contributed by atoms with Gasteiger partial charge in [0.05, 0.1) is 0 Å². The minimum atomic E-state index is -0.442. The van der Waals surface area contributed by atoms with Gasteiger partial charge in [0, 0.05) is 22.5 Å². The highest BCUT2D eigenvalue weighted by atomic mass is 19.1. The fourth-order valence-electron chi connectivity index (χ4n) is 2.72. The van der Waals surface area contributed by atoms with Gasteiger partial charge in [-0.2, -0.15) is 4.98 Å². The summed E-state index contributed by atoms with van der Waals surface area (Å²) in [6, 6.07) is 20.0. The molecular weight excluding hydrogens is 371 g/mol. The largest absolute Gasteiger partial charge is 0.334 e. The molecule has 4 aromatic rings. The number of rotatable bonds is 4. The van der Waals surface area contributed by atoms with Gasteiger partial charge in [-0.3, -0.25) is 0 Å². The molecule has 0 spiro atoms. The Bertz CT molecular complexity index is 1140. The molecule has 6 nitrogen and oxygen atoms in total. The van der Waals surface area contributed by atoms with Gasteiger partial charge in [0.15, 0.2) is 0 Å². The van der Waals surface area contributed by atoms with Gasteiger partial charge >= 0.3 is 6.03 Å². The fraction of sp³-hybridized carbons (Fsp3) is 0.0455. The normalized spacial score (nSPS) is 10.6. The summed E-state index contributed by atoms with van der Waals surface area (Å²) in [7, 11) is 0. The SMILES string of the molecule is Cc1ccc(-c2nc(-c3cccc(NC(=O)Nc4ccc(F)cc4)c3)no2)cc1. The van der Waals surface area contributed by atoms with E-state index in [-0.39, 0.29) is 5.82 Å². The van der Waals surface area contributed by atoms with Crippen molar-refractivity contribution in [2.45, 2.75) is 6.92 Å². The molecule has 0 atom stereocenters. The number of urea groups is 1. The van der Waals surface area contributed by atoms with Crippen LogP contribution in [0.1, 0.15) is 5.56 Å². The second kappa shape index (κ2) is 7.93. The Morgan fingerprint density at radius 2 is 1.62 bits per heavy atom. The molecule has 0 saturated carbocycles. The summed E-state index contributed by atoms with van der Waals surface area (Å²) in [5.74, 6) is 0.476. The zero-order chi connectivity index (χ0) is 20.2. The molecule has 7 heteroatoms. The number of benzene rings is 3. The Morgan fingerprint density at radius 1 is 0.897 bits per heavy atom. The van der Waals surface area contributed by atoms with Gasteiger partial charge in [-0.25, -0.2) is 9.18 Å². The summed E-state index contributed by atoms with van der Waals surface area (Å²) in [6.45, 7) is 2.01. The van der Waals surface area contributed by atoms with Crippen LogP contribution in [-0.4, -0.2) is 16.2 Å². The molecule has 3 aromatic carbocycles. The monoisotopic (exact) mass is 388 g/mol. The third-order valence-corrected chi connectivity index (χ3v) is 4.21. The molecule has 0 aliphatic rings. The molecule has 0 aliphatic carbocycles. The second-order valence-corrected chi connectivity index (χ2v) is 6.46. The molecule has 1 aromatic heterocycles. The summed E-state index contributed by atoms with van der Waals surface area (Å²) < 4.78 is 18.3. The topological polar surface area (TPSA) is 80.0 Å². The van der Waals surface area contributed by atoms with Crippen molar-refractivity contribution in [1.29, 1.82) is 0 Å². The lowest BCUT2D eigenvalue weighted by Crippen LogP contribution is -2.19. The van der Waals surface area contributed by atoms with E-state index in [0.717, 1.165) is 11.1 Å². The van der Waals surface area contributed by atoms with Crippen LogP contribution in [0.4, 0.5) is 20.6 Å². The molecule has 4 rings (SSSR count). The minimum Gasteiger partial charge on any atom is -0.334 e. The summed E-state index contributed by atoms with van der Waals surface area (Å²) in [5.41, 5.74) is 3.73. The number of nitrogens with one attached hydrogen (secondary N) is 2. The van der Waals surface area contributed by atoms with Crippen LogP contribution in [-0.2, 0) is 0 Å². The number of carbonyl (C=O) groups excluding carboxylic acids is 1. The zero-order valence-electron chi connectivity index (χ0n) is 15.5. The van der Waals surface area contributed by atoms with Crippen molar-refractivity contribution in [2.24, 2.45) is 0 Å². The molecule has 0 aliphatic heterocycles. The molecule has 29 heavy (non-hydrogen) atoms. The van der Waals surface area contributed by atoms with E-state index in [0.29, 0.717) is 28.7 Å². The molecule has 0 unspecified atom stereocenters. The molecule has 1 heterocycles. The standard InChI is InChI=1S/C22H17FN4O2/c1-14-5-7-15(8-6-14)21-26-20(27-29-21)16-3-2-4-19(13-16)25-22(28)24-18-11-9-17(23)10-12-18/h2-13H,1H3,(H2,24,25,28). The maximum Gasteiger partial charge on any atom is 0.323 e. The van der Waals surface area contributed by atoms with Crippen LogP contribution in [0.2, 0.25) is 0 Å². The van der Waals surface area contributed by atoms with E-state index >= 15 is 0 Å². The summed E-state index contributed by atoms with van der Waals surface area (Å²) in [6.07, 6.45) is 0. The number of amides is 2. The van der Waals surface area contributed by atoms with Gasteiger partial charge in [-0.1, -0.05) is 35.0 Å². The highest BCUT2D eigenvalue weighted by Gasteiger charge is 2.11. The first-order valence-electron chi connectivity index (χ1n) is 8.91. The van der Waals surface area contributed by atoms with Crippen molar-refractivity contribution in [3.63, 3.8) is 0 Å². The summed E-state index contributed by atoms with van der Waals surface area (Å²) >= 11 is 0. The Hall–Kier alpha value is -4.00. The van der Waals surface area contributed by atoms with Gasteiger partial charge in [0.1, 0.15) is 5.82 Å². The van der Waals surface area contributed by atoms with Crippen molar-refractivity contribution in [3.8, 4) is 22.8 Å². The number of anilines is 2. The van der Waals surface area contributed by atoms with E-state index in [1.165, 1.54) is 24.3 Å². The Balaban J connectivity index is 1.48. The van der Waals surface area contributed by atoms with E-state index in [2.05, 4.69) is 20.8 Å². The molecule has 0 bridgehead atoms. The molecule has 2 N–H and O–H groups in total. The maximum atomic E-state index is 13.0. The highest BCUT2D eigenvalue weighted by molar-refractivity contribution is 6.00. The van der Waals surface area contributed by atoms with Crippen molar-refractivity contribution < 1.29 is 13.7 Å². The highest BCUT2D eigenvalue weighted by Crippen LogP contribution is 2.24. The van der Waals surface area contributed by atoms with Crippen LogP contribution in [0.25, 0.3) is 22.8 Å². The average molecular weight is 388 g/mol. The van der Waals surface area contributed by atoms with Crippen LogP contribution < -0.4 is 10.6 Å². The van der Waals surface area contributed by atoms with E-state index in [4.69, 9.17) is 4.52 Å². The number of halogens is 1. The first kappa shape index (κ1) is 18.4. The number of carbonyl (C=O) groups is 1. The van der Waals surface area contributed by atoms with E-state index < -0.39 is 6.03 Å². The third-order valence-electron chi connectivity index (χ3n) is 4.21. The predicted molar refractivity (Wildman–Crippen MR) is 109 cm³/mol. The first-order valence-corrected chi connectivity index (χ1v) is 8.91. The number of aromatic nitrogens is 2. The molecule has 0 saturated heterocycles. The van der Waals surface area contributed by atoms with E-state index in [9.17, 15) is 9.18 Å². The van der Waals surface area contributed by atoms with Crippen LogP contribution in [0.15, 0.2) is 77.3 Å². The third kappa shape index (κ3) is 4.47. The molecule has 0 fully saturated rings. The lowest BCUT2D eigenvalue weighted by molar-refractivity contribution is 0.262. The van der Waals surface area contributed by atoms with Crippen LogP contribution in [0.3, 0.4) is 0 Å². The van der Waals surface area contributed by atoms with Crippen molar-refractivity contribution in [2.75, 3.05) is 10.6 Å². The molecule has 2 amide bonds. The van der Waals surface area contributed by atoms with Gasteiger partial charge in [0.25, 0.3) is 5.89 Å². The molecule has 144 valence electrons. The van der Waals surface area contributed by atoms with E-state index in [1.807, 2.05) is 37.3 Å². The quantitative estimate of drug-likeness (QED) is 0.484. The minimum absolute atomic E-state index is 0.367. The molecule has 0 radical (unpaired) electrons. The van der Waals surface area contributed by atoms with Crippen molar-refractivity contribution in [3.05, 3.63) is 84.2 Å². The number of nitrogens with zero attached hydrogens (tertiary/aromatic N) is 2. The fourth-order valence-corrected chi connectivity index (χ4v) is 2.72. The number of aryl methyl sites for hydroxylation is 1. The lowest BCUT2D eigenvalue weighted by Gasteiger charge is -2.08. The Kier molecular flexibility index (Phi) is 5.03.